The molecule has 5 nitrogen and oxygen atoms in total. The van der Waals surface area contributed by atoms with Crippen molar-refractivity contribution >= 4 is 11.7 Å². The van der Waals surface area contributed by atoms with Gasteiger partial charge in [0.25, 0.3) is 0 Å². The summed E-state index contributed by atoms with van der Waals surface area (Å²) in [5.74, 6) is -1.31. The molecule has 0 aliphatic carbocycles. The van der Waals surface area contributed by atoms with Gasteiger partial charge in [0.2, 0.25) is 5.91 Å². The van der Waals surface area contributed by atoms with Crippen molar-refractivity contribution in [3.05, 3.63) is 41.1 Å². The molecule has 21 heavy (non-hydrogen) atoms. The Morgan fingerprint density at radius 1 is 1.33 bits per heavy atom. The molecule has 108 valence electrons. The van der Waals surface area contributed by atoms with Crippen molar-refractivity contribution in [3.8, 4) is 11.8 Å². The number of amides is 1. The molecule has 1 aliphatic heterocycles. The van der Waals surface area contributed by atoms with Crippen LogP contribution in [0.25, 0.3) is 0 Å². The maximum Gasteiger partial charge on any atom is 0.242 e. The molecule has 0 saturated carbocycles. The molecule has 0 saturated heterocycles. The van der Waals surface area contributed by atoms with Gasteiger partial charge in [-0.15, -0.1) is 0 Å². The highest BCUT2D eigenvalue weighted by molar-refractivity contribution is 6.00. The van der Waals surface area contributed by atoms with Crippen LogP contribution >= 0.6 is 0 Å². The summed E-state index contributed by atoms with van der Waals surface area (Å²) >= 11 is 0. The van der Waals surface area contributed by atoms with Gasteiger partial charge in [-0.1, -0.05) is 12.1 Å². The number of ether oxygens (including phenoxy) is 1. The summed E-state index contributed by atoms with van der Waals surface area (Å²) in [5.41, 5.74) is 1.74. The van der Waals surface area contributed by atoms with E-state index in [9.17, 15) is 14.9 Å². The van der Waals surface area contributed by atoms with Crippen molar-refractivity contribution in [2.45, 2.75) is 19.8 Å². The third-order valence-corrected chi connectivity index (χ3v) is 3.63. The number of nitriles is 1. The molecule has 1 aromatic rings. The summed E-state index contributed by atoms with van der Waals surface area (Å²) in [4.78, 5) is 23.9. The van der Waals surface area contributed by atoms with E-state index in [0.717, 1.165) is 5.56 Å². The Kier molecular flexibility index (Phi) is 4.08. The van der Waals surface area contributed by atoms with Crippen molar-refractivity contribution in [2.75, 3.05) is 7.11 Å². The summed E-state index contributed by atoms with van der Waals surface area (Å²) in [6.07, 6.45) is 0. The smallest absolute Gasteiger partial charge is 0.242 e. The standard InChI is InChI=1S/C16H16N2O3/c1-9-14(10(2)19)15(13(8-17)16(20)18-9)11-4-6-12(21-3)7-5-11/h4-7,13,15H,1-3H3,(H,18,20). The number of benzene rings is 1. The molecular formula is C16H16N2O3. The van der Waals surface area contributed by atoms with Crippen LogP contribution in [0.3, 0.4) is 0 Å². The van der Waals surface area contributed by atoms with Crippen molar-refractivity contribution < 1.29 is 14.3 Å². The van der Waals surface area contributed by atoms with Gasteiger partial charge in [0.1, 0.15) is 11.7 Å². The molecule has 0 spiro atoms. The summed E-state index contributed by atoms with van der Waals surface area (Å²) in [6.45, 7) is 3.13. The molecule has 0 bridgehead atoms. The molecule has 5 heteroatoms. The van der Waals surface area contributed by atoms with E-state index in [1.165, 1.54) is 6.92 Å². The summed E-state index contributed by atoms with van der Waals surface area (Å²) in [5, 5.41) is 11.9. The molecule has 2 rings (SSSR count). The second-order valence-corrected chi connectivity index (χ2v) is 4.94. The summed E-state index contributed by atoms with van der Waals surface area (Å²) in [6, 6.07) is 9.07. The van der Waals surface area contributed by atoms with Gasteiger partial charge >= 0.3 is 0 Å². The molecule has 2 atom stereocenters. The van der Waals surface area contributed by atoms with Crippen LogP contribution in [0.15, 0.2) is 35.5 Å². The Hall–Kier alpha value is -2.61. The van der Waals surface area contributed by atoms with Crippen LogP contribution in [0, 0.1) is 17.2 Å². The van der Waals surface area contributed by atoms with Crippen molar-refractivity contribution in [1.82, 2.24) is 5.32 Å². The van der Waals surface area contributed by atoms with Crippen LogP contribution in [0.1, 0.15) is 25.3 Å². The van der Waals surface area contributed by atoms with Crippen LogP contribution in [-0.2, 0) is 9.59 Å². The monoisotopic (exact) mass is 284 g/mol. The van der Waals surface area contributed by atoms with E-state index in [-0.39, 0.29) is 11.7 Å². The molecule has 1 aliphatic rings. The van der Waals surface area contributed by atoms with Crippen LogP contribution in [-0.4, -0.2) is 18.8 Å². The first kappa shape index (κ1) is 14.8. The number of carbonyl (C=O) groups is 2. The number of nitrogens with zero attached hydrogens (tertiary/aromatic N) is 1. The number of hydrogen-bond donors (Lipinski definition) is 1. The third-order valence-electron chi connectivity index (χ3n) is 3.63. The van der Waals surface area contributed by atoms with Crippen molar-refractivity contribution in [2.24, 2.45) is 5.92 Å². The molecule has 1 heterocycles. The molecule has 1 N–H and O–H groups in total. The number of hydrogen-bond acceptors (Lipinski definition) is 4. The Balaban J connectivity index is 2.57. The van der Waals surface area contributed by atoms with Crippen LogP contribution in [0.4, 0.5) is 0 Å². The molecule has 0 fully saturated rings. The van der Waals surface area contributed by atoms with Gasteiger partial charge in [0.15, 0.2) is 5.78 Å². The predicted molar refractivity (Wildman–Crippen MR) is 76.4 cm³/mol. The summed E-state index contributed by atoms with van der Waals surface area (Å²) < 4.78 is 5.10. The number of carbonyl (C=O) groups excluding carboxylic acids is 2. The van der Waals surface area contributed by atoms with E-state index < -0.39 is 11.8 Å². The normalized spacial score (nSPS) is 21.5. The zero-order valence-corrected chi connectivity index (χ0v) is 12.1. The van der Waals surface area contributed by atoms with Crippen LogP contribution in [0.2, 0.25) is 0 Å². The lowest BCUT2D eigenvalue weighted by atomic mass is 9.76. The number of Topliss-reactive ketones (excluding diaryl/α,β-unsaturated/α-hetero) is 1. The maximum atomic E-state index is 12.0. The van der Waals surface area contributed by atoms with E-state index in [1.807, 2.05) is 6.07 Å². The van der Waals surface area contributed by atoms with E-state index in [0.29, 0.717) is 17.0 Å². The number of ketones is 1. The van der Waals surface area contributed by atoms with E-state index in [4.69, 9.17) is 4.74 Å². The van der Waals surface area contributed by atoms with Gasteiger partial charge in [0.05, 0.1) is 13.2 Å². The largest absolute Gasteiger partial charge is 0.497 e. The number of methoxy groups -OCH3 is 1. The van der Waals surface area contributed by atoms with Gasteiger partial charge in [-0.25, -0.2) is 0 Å². The minimum atomic E-state index is -0.916. The average Bonchev–Trinajstić information content (AvgIpc) is 2.46. The molecular weight excluding hydrogens is 268 g/mol. The van der Waals surface area contributed by atoms with Crippen molar-refractivity contribution in [1.29, 1.82) is 5.26 Å². The van der Waals surface area contributed by atoms with Gasteiger partial charge in [-0.05, 0) is 31.5 Å². The zero-order valence-electron chi connectivity index (χ0n) is 12.1. The lowest BCUT2D eigenvalue weighted by molar-refractivity contribution is -0.123. The molecule has 1 aromatic carbocycles. The van der Waals surface area contributed by atoms with Crippen molar-refractivity contribution in [3.63, 3.8) is 0 Å². The van der Waals surface area contributed by atoms with Crippen LogP contribution < -0.4 is 10.1 Å². The Bertz CT molecular complexity index is 653. The lowest BCUT2D eigenvalue weighted by Crippen LogP contribution is -2.40. The minimum absolute atomic E-state index is 0.145. The Morgan fingerprint density at radius 2 is 1.95 bits per heavy atom. The zero-order chi connectivity index (χ0) is 15.6. The number of allylic oxidation sites excluding steroid dienone is 2. The second-order valence-electron chi connectivity index (χ2n) is 4.94. The summed E-state index contributed by atoms with van der Waals surface area (Å²) in [7, 11) is 1.56. The third kappa shape index (κ3) is 2.65. The topological polar surface area (TPSA) is 79.2 Å². The highest BCUT2D eigenvalue weighted by Gasteiger charge is 2.39. The number of nitrogens with one attached hydrogen (secondary N) is 1. The SMILES string of the molecule is COc1ccc(C2C(C(C)=O)=C(C)NC(=O)C2C#N)cc1. The van der Waals surface area contributed by atoms with E-state index in [1.54, 1.807) is 38.3 Å². The number of rotatable bonds is 3. The molecule has 0 radical (unpaired) electrons. The highest BCUT2D eigenvalue weighted by atomic mass is 16.5. The quantitative estimate of drug-likeness (QED) is 0.919. The molecule has 0 aromatic heterocycles. The fraction of sp³-hybridized carbons (Fsp3) is 0.312. The van der Waals surface area contributed by atoms with Crippen LogP contribution in [0.5, 0.6) is 5.75 Å². The molecule has 2 unspecified atom stereocenters. The van der Waals surface area contributed by atoms with Gasteiger partial charge < -0.3 is 10.1 Å². The fourth-order valence-corrected chi connectivity index (χ4v) is 2.67. The first-order valence-corrected chi connectivity index (χ1v) is 6.55. The van der Waals surface area contributed by atoms with E-state index >= 15 is 0 Å². The molecule has 1 amide bonds. The Morgan fingerprint density at radius 3 is 2.43 bits per heavy atom. The predicted octanol–water partition coefficient (Wildman–Crippen LogP) is 1.91. The maximum absolute atomic E-state index is 12.0. The Labute approximate surface area is 123 Å². The van der Waals surface area contributed by atoms with Gasteiger partial charge in [0, 0.05) is 17.2 Å². The van der Waals surface area contributed by atoms with E-state index in [2.05, 4.69) is 5.32 Å². The first-order valence-electron chi connectivity index (χ1n) is 6.55. The minimum Gasteiger partial charge on any atom is -0.497 e. The lowest BCUT2D eigenvalue weighted by Gasteiger charge is -2.30. The average molecular weight is 284 g/mol. The second kappa shape index (κ2) is 5.80. The first-order chi connectivity index (χ1) is 9.99. The highest BCUT2D eigenvalue weighted by Crippen LogP contribution is 2.37. The fourth-order valence-electron chi connectivity index (χ4n) is 2.67. The van der Waals surface area contributed by atoms with Gasteiger partial charge in [-0.3, -0.25) is 9.59 Å². The van der Waals surface area contributed by atoms with Gasteiger partial charge in [-0.2, -0.15) is 5.26 Å².